The van der Waals surface area contributed by atoms with Crippen LogP contribution in [-0.2, 0) is 14.4 Å². The van der Waals surface area contributed by atoms with Crippen molar-refractivity contribution in [2.45, 2.75) is 32.3 Å². The Morgan fingerprint density at radius 2 is 2.62 bits per heavy atom. The van der Waals surface area contributed by atoms with Crippen LogP contribution in [-0.4, -0.2) is 23.9 Å². The molecule has 0 spiro atoms. The lowest BCUT2D eigenvalue weighted by Gasteiger charge is -2.07. The van der Waals surface area contributed by atoms with Gasteiger partial charge in [-0.2, -0.15) is 0 Å². The number of nitrogens with zero attached hydrogens (tertiary/aromatic N) is 1. The Hall–Kier alpha value is -0.770. The number of hydrogen-bond donors (Lipinski definition) is 0. The number of unbranched alkanes of at least 4 members (excludes halogenated alkanes) is 1. The predicted octanol–water partition coefficient (Wildman–Crippen LogP) is 1.67. The van der Waals surface area contributed by atoms with Crippen molar-refractivity contribution in [3.05, 3.63) is 0 Å². The molecule has 74 valence electrons. The van der Waals surface area contributed by atoms with E-state index in [1.165, 1.54) is 0 Å². The van der Waals surface area contributed by atoms with Crippen molar-refractivity contribution >= 4 is 22.7 Å². The zero-order valence-corrected chi connectivity index (χ0v) is 8.21. The van der Waals surface area contributed by atoms with E-state index in [0.29, 0.717) is 18.2 Å². The van der Waals surface area contributed by atoms with Crippen molar-refractivity contribution in [1.82, 2.24) is 0 Å². The number of oxime groups is 1. The van der Waals surface area contributed by atoms with Crippen LogP contribution in [0.1, 0.15) is 26.2 Å². The van der Waals surface area contributed by atoms with E-state index < -0.39 is 6.10 Å². The second-order valence-electron chi connectivity index (χ2n) is 2.79. The van der Waals surface area contributed by atoms with Crippen molar-refractivity contribution in [2.24, 2.45) is 5.16 Å². The molecule has 0 fully saturated rings. The maximum absolute atomic E-state index is 11.2. The SMILES string of the molecule is CCCCOC(=O)C1CC(Cl)=NO1. The Kier molecular flexibility index (Phi) is 4.02. The van der Waals surface area contributed by atoms with Gasteiger partial charge in [-0.25, -0.2) is 4.79 Å². The van der Waals surface area contributed by atoms with Gasteiger partial charge in [0.05, 0.1) is 13.0 Å². The summed E-state index contributed by atoms with van der Waals surface area (Å²) in [6, 6.07) is 0. The maximum atomic E-state index is 11.2. The van der Waals surface area contributed by atoms with Crippen LogP contribution in [0.25, 0.3) is 0 Å². The third-order valence-corrected chi connectivity index (χ3v) is 1.86. The number of halogens is 1. The van der Waals surface area contributed by atoms with E-state index in [2.05, 4.69) is 5.16 Å². The van der Waals surface area contributed by atoms with Crippen molar-refractivity contribution in [3.8, 4) is 0 Å². The largest absolute Gasteiger partial charge is 0.463 e. The third kappa shape index (κ3) is 3.22. The molecule has 13 heavy (non-hydrogen) atoms. The van der Waals surface area contributed by atoms with E-state index in [0.717, 1.165) is 12.8 Å². The Morgan fingerprint density at radius 3 is 3.15 bits per heavy atom. The first kappa shape index (κ1) is 10.3. The molecule has 0 saturated carbocycles. The van der Waals surface area contributed by atoms with Gasteiger partial charge in [0.1, 0.15) is 5.17 Å². The summed E-state index contributed by atoms with van der Waals surface area (Å²) in [5.74, 6) is -0.382. The normalized spacial score (nSPS) is 20.8. The monoisotopic (exact) mass is 205 g/mol. The maximum Gasteiger partial charge on any atom is 0.350 e. The van der Waals surface area contributed by atoms with Crippen LogP contribution in [0.15, 0.2) is 5.16 Å². The highest BCUT2D eigenvalue weighted by molar-refractivity contribution is 6.65. The second-order valence-corrected chi connectivity index (χ2v) is 3.22. The lowest BCUT2D eigenvalue weighted by atomic mass is 10.3. The summed E-state index contributed by atoms with van der Waals surface area (Å²) < 4.78 is 4.92. The van der Waals surface area contributed by atoms with Crippen LogP contribution in [0.4, 0.5) is 0 Å². The van der Waals surface area contributed by atoms with Crippen LogP contribution in [0.3, 0.4) is 0 Å². The number of ether oxygens (including phenoxy) is 1. The van der Waals surface area contributed by atoms with Crippen molar-refractivity contribution < 1.29 is 14.4 Å². The van der Waals surface area contributed by atoms with E-state index in [1.807, 2.05) is 6.92 Å². The molecule has 0 aliphatic carbocycles. The first-order valence-corrected chi connectivity index (χ1v) is 4.66. The Labute approximate surface area is 81.8 Å². The minimum atomic E-state index is -0.635. The van der Waals surface area contributed by atoms with Gasteiger partial charge in [-0.15, -0.1) is 0 Å². The molecule has 0 aromatic heterocycles. The number of carbonyl (C=O) groups is 1. The quantitative estimate of drug-likeness (QED) is 0.518. The van der Waals surface area contributed by atoms with Gasteiger partial charge in [-0.3, -0.25) is 0 Å². The molecule has 1 rings (SSSR count). The fourth-order valence-electron chi connectivity index (χ4n) is 0.885. The molecule has 1 heterocycles. The molecule has 0 aromatic carbocycles. The topological polar surface area (TPSA) is 47.9 Å². The summed E-state index contributed by atoms with van der Waals surface area (Å²) in [5, 5.41) is 3.77. The summed E-state index contributed by atoms with van der Waals surface area (Å²) in [6.45, 7) is 2.46. The molecule has 0 bridgehead atoms. The number of rotatable bonds is 4. The summed E-state index contributed by atoms with van der Waals surface area (Å²) in [5.41, 5.74) is 0. The van der Waals surface area contributed by atoms with Crippen LogP contribution in [0.2, 0.25) is 0 Å². The Balaban J connectivity index is 2.18. The molecule has 1 atom stereocenters. The van der Waals surface area contributed by atoms with Crippen molar-refractivity contribution in [2.75, 3.05) is 6.61 Å². The van der Waals surface area contributed by atoms with Crippen LogP contribution in [0, 0.1) is 0 Å². The fraction of sp³-hybridized carbons (Fsp3) is 0.750. The minimum absolute atomic E-state index is 0.317. The highest BCUT2D eigenvalue weighted by Gasteiger charge is 2.28. The summed E-state index contributed by atoms with van der Waals surface area (Å²) in [6.07, 6.45) is 1.56. The molecule has 1 aliphatic rings. The van der Waals surface area contributed by atoms with Gasteiger partial charge in [0.2, 0.25) is 6.10 Å². The highest BCUT2D eigenvalue weighted by Crippen LogP contribution is 2.14. The van der Waals surface area contributed by atoms with Gasteiger partial charge in [0, 0.05) is 0 Å². The van der Waals surface area contributed by atoms with Gasteiger partial charge < -0.3 is 9.57 Å². The average molecular weight is 206 g/mol. The lowest BCUT2D eigenvalue weighted by Crippen LogP contribution is -2.23. The lowest BCUT2D eigenvalue weighted by molar-refractivity contribution is -0.155. The molecule has 0 aromatic rings. The fourth-order valence-corrected chi connectivity index (χ4v) is 1.06. The Bertz CT molecular complexity index is 217. The van der Waals surface area contributed by atoms with E-state index in [1.54, 1.807) is 0 Å². The van der Waals surface area contributed by atoms with E-state index in [-0.39, 0.29) is 5.97 Å². The van der Waals surface area contributed by atoms with Crippen molar-refractivity contribution in [3.63, 3.8) is 0 Å². The molecular weight excluding hydrogens is 194 g/mol. The van der Waals surface area contributed by atoms with Gasteiger partial charge in [0.25, 0.3) is 0 Å². The Morgan fingerprint density at radius 1 is 1.85 bits per heavy atom. The first-order valence-electron chi connectivity index (χ1n) is 4.29. The van der Waals surface area contributed by atoms with Crippen LogP contribution in [0.5, 0.6) is 0 Å². The van der Waals surface area contributed by atoms with Gasteiger partial charge in [-0.1, -0.05) is 30.1 Å². The van der Waals surface area contributed by atoms with E-state index >= 15 is 0 Å². The molecule has 0 radical (unpaired) electrons. The highest BCUT2D eigenvalue weighted by atomic mass is 35.5. The minimum Gasteiger partial charge on any atom is -0.463 e. The average Bonchev–Trinajstić information content (AvgIpc) is 2.52. The smallest absolute Gasteiger partial charge is 0.350 e. The number of hydrogen-bond acceptors (Lipinski definition) is 4. The molecular formula is C8H12ClNO3. The van der Waals surface area contributed by atoms with Gasteiger partial charge in [-0.05, 0) is 6.42 Å². The predicted molar refractivity (Wildman–Crippen MR) is 48.6 cm³/mol. The van der Waals surface area contributed by atoms with Crippen LogP contribution < -0.4 is 0 Å². The van der Waals surface area contributed by atoms with E-state index in [9.17, 15) is 4.79 Å². The number of carbonyl (C=O) groups excluding carboxylic acids is 1. The molecule has 0 saturated heterocycles. The van der Waals surface area contributed by atoms with Gasteiger partial charge >= 0.3 is 5.97 Å². The standard InChI is InChI=1S/C8H12ClNO3/c1-2-3-4-12-8(11)6-5-7(9)10-13-6/h6H,2-5H2,1H3. The number of esters is 1. The van der Waals surface area contributed by atoms with E-state index in [4.69, 9.17) is 21.2 Å². The summed E-state index contributed by atoms with van der Waals surface area (Å²) >= 11 is 5.53. The molecule has 5 heteroatoms. The zero-order chi connectivity index (χ0) is 9.68. The molecule has 0 N–H and O–H groups in total. The molecule has 0 amide bonds. The third-order valence-electron chi connectivity index (χ3n) is 1.64. The second kappa shape index (κ2) is 5.07. The van der Waals surface area contributed by atoms with Crippen molar-refractivity contribution in [1.29, 1.82) is 0 Å². The van der Waals surface area contributed by atoms with Crippen LogP contribution >= 0.6 is 11.6 Å². The summed E-state index contributed by atoms with van der Waals surface area (Å²) in [4.78, 5) is 15.9. The zero-order valence-electron chi connectivity index (χ0n) is 7.46. The van der Waals surface area contributed by atoms with Gasteiger partial charge in [0.15, 0.2) is 0 Å². The molecule has 1 aliphatic heterocycles. The first-order chi connectivity index (χ1) is 6.24. The summed E-state index contributed by atoms with van der Waals surface area (Å²) in [7, 11) is 0. The molecule has 1 unspecified atom stereocenters. The molecule has 4 nitrogen and oxygen atoms in total.